The zero-order valence-corrected chi connectivity index (χ0v) is 10.4. The van der Waals surface area contributed by atoms with Gasteiger partial charge in [0.25, 0.3) is 0 Å². The summed E-state index contributed by atoms with van der Waals surface area (Å²) in [5.41, 5.74) is 2.67. The van der Waals surface area contributed by atoms with Gasteiger partial charge >= 0.3 is 0 Å². The average molecular weight is 232 g/mol. The lowest BCUT2D eigenvalue weighted by atomic mass is 10.0. The van der Waals surface area contributed by atoms with Gasteiger partial charge in [0, 0.05) is 23.3 Å². The van der Waals surface area contributed by atoms with Crippen molar-refractivity contribution in [3.8, 4) is 0 Å². The number of hydrogen-bond acceptors (Lipinski definition) is 3. The molecule has 0 aliphatic heterocycles. The Morgan fingerprint density at radius 1 is 1.44 bits per heavy atom. The number of nitrogens with zero attached hydrogens (tertiary/aromatic N) is 1. The van der Waals surface area contributed by atoms with Gasteiger partial charge in [-0.15, -0.1) is 11.3 Å². The van der Waals surface area contributed by atoms with E-state index in [0.29, 0.717) is 6.04 Å². The Morgan fingerprint density at radius 2 is 2.31 bits per heavy atom. The molecular weight excluding hydrogens is 216 g/mol. The van der Waals surface area contributed by atoms with Gasteiger partial charge in [0.2, 0.25) is 0 Å². The first-order chi connectivity index (χ1) is 7.81. The van der Waals surface area contributed by atoms with Crippen LogP contribution in [0, 0.1) is 6.92 Å². The maximum absolute atomic E-state index is 4.15. The number of nitrogens with one attached hydrogen (secondary N) is 1. The van der Waals surface area contributed by atoms with Crippen molar-refractivity contribution >= 4 is 11.3 Å². The monoisotopic (exact) mass is 232 g/mol. The first-order valence-electron chi connectivity index (χ1n) is 5.41. The Balaban J connectivity index is 2.16. The zero-order valence-electron chi connectivity index (χ0n) is 9.60. The maximum Gasteiger partial charge on any atom is 0.0369 e. The van der Waals surface area contributed by atoms with Gasteiger partial charge in [-0.1, -0.05) is 6.07 Å². The molecule has 0 aliphatic rings. The molecule has 1 atom stereocenters. The number of likely N-dealkylation sites (N-methyl/N-ethyl adjacent to an activating group) is 1. The summed E-state index contributed by atoms with van der Waals surface area (Å²) in [6.45, 7) is 2.17. The number of rotatable bonds is 4. The third-order valence-corrected chi connectivity index (χ3v) is 3.65. The third kappa shape index (κ3) is 2.49. The van der Waals surface area contributed by atoms with Crippen LogP contribution in [0.4, 0.5) is 0 Å². The van der Waals surface area contributed by atoms with E-state index in [1.807, 2.05) is 25.5 Å². The number of hydrogen-bond donors (Lipinski definition) is 1. The lowest BCUT2D eigenvalue weighted by molar-refractivity contribution is 0.590. The second-order valence-electron chi connectivity index (χ2n) is 3.84. The Hall–Kier alpha value is -1.19. The molecule has 0 saturated heterocycles. The van der Waals surface area contributed by atoms with Gasteiger partial charge in [-0.05, 0) is 49.0 Å². The van der Waals surface area contributed by atoms with Crippen molar-refractivity contribution < 1.29 is 0 Å². The number of pyridine rings is 1. The number of aryl methyl sites for hydroxylation is 1. The van der Waals surface area contributed by atoms with Crippen LogP contribution in [0.15, 0.2) is 36.0 Å². The maximum atomic E-state index is 4.15. The summed E-state index contributed by atoms with van der Waals surface area (Å²) in [7, 11) is 2.01. The van der Waals surface area contributed by atoms with E-state index in [1.54, 1.807) is 11.3 Å². The molecule has 0 aromatic carbocycles. The van der Waals surface area contributed by atoms with Gasteiger partial charge < -0.3 is 5.32 Å². The number of thiophene rings is 1. The molecule has 1 N–H and O–H groups in total. The molecule has 2 aromatic rings. The highest BCUT2D eigenvalue weighted by Gasteiger charge is 2.13. The summed E-state index contributed by atoms with van der Waals surface area (Å²) in [4.78, 5) is 5.54. The van der Waals surface area contributed by atoms with Crippen molar-refractivity contribution in [2.45, 2.75) is 19.4 Å². The molecule has 2 aromatic heterocycles. The van der Waals surface area contributed by atoms with Crippen molar-refractivity contribution in [3.05, 3.63) is 52.0 Å². The molecule has 0 radical (unpaired) electrons. The van der Waals surface area contributed by atoms with Crippen LogP contribution in [-0.2, 0) is 6.42 Å². The van der Waals surface area contributed by atoms with E-state index in [9.17, 15) is 0 Å². The van der Waals surface area contributed by atoms with Gasteiger partial charge in [-0.3, -0.25) is 4.98 Å². The smallest absolute Gasteiger partial charge is 0.0369 e. The summed E-state index contributed by atoms with van der Waals surface area (Å²) < 4.78 is 0. The van der Waals surface area contributed by atoms with Crippen LogP contribution in [0.3, 0.4) is 0 Å². The van der Waals surface area contributed by atoms with Crippen LogP contribution in [0.5, 0.6) is 0 Å². The van der Waals surface area contributed by atoms with Crippen molar-refractivity contribution in [1.82, 2.24) is 10.3 Å². The minimum atomic E-state index is 0.385. The standard InChI is InChI=1S/C13H16N2S/c1-10-12(5-7-16-10)13(14-2)8-11-4-3-6-15-9-11/h3-7,9,13-14H,8H2,1-2H3. The Morgan fingerprint density at radius 3 is 2.88 bits per heavy atom. The SMILES string of the molecule is CNC(Cc1cccnc1)c1ccsc1C. The molecular formula is C13H16N2S. The van der Waals surface area contributed by atoms with E-state index in [4.69, 9.17) is 0 Å². The molecule has 3 heteroatoms. The van der Waals surface area contributed by atoms with E-state index in [2.05, 4.69) is 34.7 Å². The molecule has 2 rings (SSSR count). The topological polar surface area (TPSA) is 24.9 Å². The van der Waals surface area contributed by atoms with E-state index >= 15 is 0 Å². The van der Waals surface area contributed by atoms with Gasteiger partial charge in [0.15, 0.2) is 0 Å². The summed E-state index contributed by atoms with van der Waals surface area (Å²) in [5.74, 6) is 0. The lowest BCUT2D eigenvalue weighted by Crippen LogP contribution is -2.19. The van der Waals surface area contributed by atoms with Crippen LogP contribution in [-0.4, -0.2) is 12.0 Å². The van der Waals surface area contributed by atoms with Gasteiger partial charge in [0.1, 0.15) is 0 Å². The first kappa shape index (κ1) is 11.3. The predicted octanol–water partition coefficient (Wildman–Crippen LogP) is 2.95. The molecule has 0 amide bonds. The zero-order chi connectivity index (χ0) is 11.4. The van der Waals surface area contributed by atoms with Gasteiger partial charge in [-0.2, -0.15) is 0 Å². The molecule has 2 heterocycles. The fraction of sp³-hybridized carbons (Fsp3) is 0.308. The largest absolute Gasteiger partial charge is 0.313 e. The summed E-state index contributed by atoms with van der Waals surface area (Å²) >= 11 is 1.80. The highest BCUT2D eigenvalue weighted by atomic mass is 32.1. The Bertz CT molecular complexity index is 436. The minimum Gasteiger partial charge on any atom is -0.313 e. The molecule has 1 unspecified atom stereocenters. The fourth-order valence-electron chi connectivity index (χ4n) is 1.88. The minimum absolute atomic E-state index is 0.385. The van der Waals surface area contributed by atoms with E-state index in [1.165, 1.54) is 16.0 Å². The Labute approximate surface area is 100 Å². The van der Waals surface area contributed by atoms with Gasteiger partial charge in [0.05, 0.1) is 0 Å². The molecule has 16 heavy (non-hydrogen) atoms. The fourth-order valence-corrected chi connectivity index (χ4v) is 2.64. The molecule has 0 aliphatic carbocycles. The predicted molar refractivity (Wildman–Crippen MR) is 68.8 cm³/mol. The molecule has 0 saturated carbocycles. The normalized spacial score (nSPS) is 12.6. The van der Waals surface area contributed by atoms with Crippen molar-refractivity contribution in [3.63, 3.8) is 0 Å². The molecule has 2 nitrogen and oxygen atoms in total. The Kier molecular flexibility index (Phi) is 3.70. The van der Waals surface area contributed by atoms with E-state index < -0.39 is 0 Å². The third-order valence-electron chi connectivity index (χ3n) is 2.79. The van der Waals surface area contributed by atoms with Gasteiger partial charge in [-0.25, -0.2) is 0 Å². The second kappa shape index (κ2) is 5.23. The number of aromatic nitrogens is 1. The molecule has 84 valence electrons. The van der Waals surface area contributed by atoms with Crippen molar-refractivity contribution in [2.75, 3.05) is 7.05 Å². The lowest BCUT2D eigenvalue weighted by Gasteiger charge is -2.16. The van der Waals surface area contributed by atoms with E-state index in [0.717, 1.165) is 6.42 Å². The van der Waals surface area contributed by atoms with Crippen LogP contribution in [0.25, 0.3) is 0 Å². The highest BCUT2D eigenvalue weighted by Crippen LogP contribution is 2.24. The summed E-state index contributed by atoms with van der Waals surface area (Å²) in [6, 6.07) is 6.70. The molecule has 0 spiro atoms. The first-order valence-corrected chi connectivity index (χ1v) is 6.29. The quantitative estimate of drug-likeness (QED) is 0.876. The average Bonchev–Trinajstić information content (AvgIpc) is 2.74. The van der Waals surface area contributed by atoms with Crippen molar-refractivity contribution in [2.24, 2.45) is 0 Å². The van der Waals surface area contributed by atoms with Crippen LogP contribution in [0.2, 0.25) is 0 Å². The summed E-state index contributed by atoms with van der Waals surface area (Å²) in [5, 5.41) is 5.52. The second-order valence-corrected chi connectivity index (χ2v) is 4.96. The van der Waals surface area contributed by atoms with E-state index in [-0.39, 0.29) is 0 Å². The molecule has 0 fully saturated rings. The van der Waals surface area contributed by atoms with Crippen LogP contribution in [0.1, 0.15) is 22.0 Å². The van der Waals surface area contributed by atoms with Crippen LogP contribution < -0.4 is 5.32 Å². The van der Waals surface area contributed by atoms with Crippen LogP contribution >= 0.6 is 11.3 Å². The van der Waals surface area contributed by atoms with Crippen molar-refractivity contribution in [1.29, 1.82) is 0 Å². The summed E-state index contributed by atoms with van der Waals surface area (Å²) in [6.07, 6.45) is 4.74. The molecule has 0 bridgehead atoms. The highest BCUT2D eigenvalue weighted by molar-refractivity contribution is 7.10.